The van der Waals surface area contributed by atoms with Gasteiger partial charge in [-0.2, -0.15) is 0 Å². The Bertz CT molecular complexity index is 737. The van der Waals surface area contributed by atoms with Gasteiger partial charge in [-0.3, -0.25) is 0 Å². The smallest absolute Gasteiger partial charge is 0.131 e. The van der Waals surface area contributed by atoms with E-state index in [9.17, 15) is 0 Å². The standard InChI is InChI=1S/C16H13Cl2NOS/c1-10-9-11(17)4-5-12(10)19-16(13-3-2-8-20-13)14-6-7-15(18)21-14/h2-9,16,19H,1H3. The number of nitrogens with one attached hydrogen (secondary N) is 1. The monoisotopic (exact) mass is 337 g/mol. The quantitative estimate of drug-likeness (QED) is 0.616. The largest absolute Gasteiger partial charge is 0.467 e. The second-order valence-corrected chi connectivity index (χ2v) is 6.88. The van der Waals surface area contributed by atoms with Crippen molar-refractivity contribution in [3.05, 3.63) is 74.3 Å². The van der Waals surface area contributed by atoms with Crippen LogP contribution in [0.4, 0.5) is 5.69 Å². The SMILES string of the molecule is Cc1cc(Cl)ccc1NC(c1ccco1)c1ccc(Cl)s1. The minimum absolute atomic E-state index is 0.0719. The summed E-state index contributed by atoms with van der Waals surface area (Å²) in [6, 6.07) is 13.5. The molecule has 0 spiro atoms. The predicted molar refractivity (Wildman–Crippen MR) is 89.7 cm³/mol. The van der Waals surface area contributed by atoms with Crippen molar-refractivity contribution in [2.45, 2.75) is 13.0 Å². The van der Waals surface area contributed by atoms with Crippen molar-refractivity contribution in [1.29, 1.82) is 0 Å². The molecule has 2 aromatic heterocycles. The number of anilines is 1. The normalized spacial score (nSPS) is 12.3. The highest BCUT2D eigenvalue weighted by atomic mass is 35.5. The van der Waals surface area contributed by atoms with E-state index in [1.807, 2.05) is 49.4 Å². The van der Waals surface area contributed by atoms with Gasteiger partial charge in [0.2, 0.25) is 0 Å². The van der Waals surface area contributed by atoms with Gasteiger partial charge in [-0.25, -0.2) is 0 Å². The number of aryl methyl sites for hydroxylation is 1. The first-order chi connectivity index (χ1) is 10.1. The Balaban J connectivity index is 1.96. The third-order valence-electron chi connectivity index (χ3n) is 3.19. The van der Waals surface area contributed by atoms with Gasteiger partial charge in [-0.1, -0.05) is 23.2 Å². The number of benzene rings is 1. The third kappa shape index (κ3) is 3.26. The lowest BCUT2D eigenvalue weighted by Crippen LogP contribution is -2.11. The molecule has 0 saturated heterocycles. The molecule has 2 heterocycles. The van der Waals surface area contributed by atoms with Gasteiger partial charge in [-0.05, 0) is 55.0 Å². The van der Waals surface area contributed by atoms with Gasteiger partial charge in [0.05, 0.1) is 10.6 Å². The van der Waals surface area contributed by atoms with Gasteiger partial charge in [0.25, 0.3) is 0 Å². The maximum absolute atomic E-state index is 6.06. The lowest BCUT2D eigenvalue weighted by atomic mass is 10.1. The molecule has 2 nitrogen and oxygen atoms in total. The van der Waals surface area contributed by atoms with E-state index in [1.54, 1.807) is 6.26 Å². The first kappa shape index (κ1) is 14.5. The topological polar surface area (TPSA) is 25.2 Å². The molecular weight excluding hydrogens is 325 g/mol. The van der Waals surface area contributed by atoms with Crippen LogP contribution in [0.25, 0.3) is 0 Å². The van der Waals surface area contributed by atoms with Gasteiger partial charge >= 0.3 is 0 Å². The highest BCUT2D eigenvalue weighted by Crippen LogP contribution is 2.34. The Morgan fingerprint density at radius 3 is 2.62 bits per heavy atom. The molecular formula is C16H13Cl2NOS. The summed E-state index contributed by atoms with van der Waals surface area (Å²) in [6.45, 7) is 2.02. The van der Waals surface area contributed by atoms with Gasteiger partial charge < -0.3 is 9.73 Å². The van der Waals surface area contributed by atoms with E-state index in [0.29, 0.717) is 0 Å². The maximum atomic E-state index is 6.06. The van der Waals surface area contributed by atoms with Crippen molar-refractivity contribution >= 4 is 40.2 Å². The summed E-state index contributed by atoms with van der Waals surface area (Å²) in [5.74, 6) is 0.850. The van der Waals surface area contributed by atoms with Crippen molar-refractivity contribution in [2.75, 3.05) is 5.32 Å². The molecule has 21 heavy (non-hydrogen) atoms. The van der Waals surface area contributed by atoms with E-state index in [4.69, 9.17) is 27.6 Å². The van der Waals surface area contributed by atoms with E-state index in [-0.39, 0.29) is 6.04 Å². The predicted octanol–water partition coefficient (Wildman–Crippen LogP) is 6.16. The minimum atomic E-state index is -0.0719. The Morgan fingerprint density at radius 2 is 2.00 bits per heavy atom. The molecule has 1 atom stereocenters. The van der Waals surface area contributed by atoms with Crippen LogP contribution in [-0.2, 0) is 0 Å². The van der Waals surface area contributed by atoms with E-state index in [1.165, 1.54) is 11.3 Å². The lowest BCUT2D eigenvalue weighted by Gasteiger charge is -2.18. The molecule has 3 aromatic rings. The zero-order valence-corrected chi connectivity index (χ0v) is 13.6. The number of rotatable bonds is 4. The molecule has 0 bridgehead atoms. The number of furan rings is 1. The average molecular weight is 338 g/mol. The van der Waals surface area contributed by atoms with Gasteiger partial charge in [-0.15, -0.1) is 11.3 Å². The summed E-state index contributed by atoms with van der Waals surface area (Å²) in [5, 5.41) is 4.23. The van der Waals surface area contributed by atoms with E-state index >= 15 is 0 Å². The third-order valence-corrected chi connectivity index (χ3v) is 4.73. The fourth-order valence-electron chi connectivity index (χ4n) is 2.17. The molecule has 1 N–H and O–H groups in total. The van der Waals surface area contributed by atoms with Gasteiger partial charge in [0.15, 0.2) is 0 Å². The summed E-state index contributed by atoms with van der Waals surface area (Å²) in [4.78, 5) is 1.10. The van der Waals surface area contributed by atoms with E-state index in [2.05, 4.69) is 5.32 Å². The van der Waals surface area contributed by atoms with Crippen molar-refractivity contribution in [3.8, 4) is 0 Å². The molecule has 5 heteroatoms. The second kappa shape index (κ2) is 6.14. The zero-order valence-electron chi connectivity index (χ0n) is 11.3. The Labute approximate surface area is 137 Å². The van der Waals surface area contributed by atoms with Crippen molar-refractivity contribution in [1.82, 2.24) is 0 Å². The highest BCUT2D eigenvalue weighted by Gasteiger charge is 2.19. The summed E-state index contributed by atoms with van der Waals surface area (Å²) >= 11 is 13.6. The first-order valence-corrected chi connectivity index (χ1v) is 8.02. The summed E-state index contributed by atoms with van der Waals surface area (Å²) < 4.78 is 6.33. The van der Waals surface area contributed by atoms with Crippen LogP contribution in [-0.4, -0.2) is 0 Å². The van der Waals surface area contributed by atoms with Crippen LogP contribution in [0.2, 0.25) is 9.36 Å². The van der Waals surface area contributed by atoms with Crippen molar-refractivity contribution in [2.24, 2.45) is 0 Å². The second-order valence-electron chi connectivity index (χ2n) is 4.69. The number of thiophene rings is 1. The summed E-state index contributed by atoms with van der Waals surface area (Å²) in [5.41, 5.74) is 2.10. The number of halogens is 2. The molecule has 3 rings (SSSR count). The fourth-order valence-corrected chi connectivity index (χ4v) is 3.51. The molecule has 0 saturated carbocycles. The Kier molecular flexibility index (Phi) is 4.24. The Hall–Kier alpha value is -1.42. The first-order valence-electron chi connectivity index (χ1n) is 6.45. The molecule has 0 amide bonds. The molecule has 0 fully saturated rings. The van der Waals surface area contributed by atoms with Crippen LogP contribution in [0.3, 0.4) is 0 Å². The van der Waals surface area contributed by atoms with E-state index < -0.39 is 0 Å². The molecule has 1 unspecified atom stereocenters. The summed E-state index contributed by atoms with van der Waals surface area (Å²) in [6.07, 6.45) is 1.67. The average Bonchev–Trinajstić information content (AvgIpc) is 3.09. The van der Waals surface area contributed by atoms with Crippen LogP contribution < -0.4 is 5.32 Å². The van der Waals surface area contributed by atoms with Crippen LogP contribution in [0.15, 0.2) is 53.1 Å². The van der Waals surface area contributed by atoms with Crippen LogP contribution in [0, 0.1) is 6.92 Å². The molecule has 0 radical (unpaired) electrons. The number of hydrogen-bond donors (Lipinski definition) is 1. The zero-order chi connectivity index (χ0) is 14.8. The Morgan fingerprint density at radius 1 is 1.14 bits per heavy atom. The minimum Gasteiger partial charge on any atom is -0.467 e. The van der Waals surface area contributed by atoms with Gasteiger partial charge in [0, 0.05) is 15.6 Å². The molecule has 0 aliphatic rings. The maximum Gasteiger partial charge on any atom is 0.131 e. The van der Waals surface area contributed by atoms with Gasteiger partial charge in [0.1, 0.15) is 11.8 Å². The van der Waals surface area contributed by atoms with E-state index in [0.717, 1.165) is 31.2 Å². The van der Waals surface area contributed by atoms with Crippen molar-refractivity contribution in [3.63, 3.8) is 0 Å². The molecule has 1 aromatic carbocycles. The lowest BCUT2D eigenvalue weighted by molar-refractivity contribution is 0.500. The fraction of sp³-hybridized carbons (Fsp3) is 0.125. The molecule has 108 valence electrons. The summed E-state index contributed by atoms with van der Waals surface area (Å²) in [7, 11) is 0. The van der Waals surface area contributed by atoms with Crippen LogP contribution in [0.1, 0.15) is 22.2 Å². The van der Waals surface area contributed by atoms with Crippen LogP contribution in [0.5, 0.6) is 0 Å². The highest BCUT2D eigenvalue weighted by molar-refractivity contribution is 7.16. The van der Waals surface area contributed by atoms with Crippen molar-refractivity contribution < 1.29 is 4.42 Å². The molecule has 0 aliphatic carbocycles. The van der Waals surface area contributed by atoms with Crippen LogP contribution >= 0.6 is 34.5 Å². The molecule has 0 aliphatic heterocycles. The number of hydrogen-bond acceptors (Lipinski definition) is 3.